The van der Waals surface area contributed by atoms with Crippen LogP contribution in [0.3, 0.4) is 0 Å². The summed E-state index contributed by atoms with van der Waals surface area (Å²) in [5, 5.41) is 3.64. The summed E-state index contributed by atoms with van der Waals surface area (Å²) >= 11 is 6.22. The third-order valence-corrected chi connectivity index (χ3v) is 3.09. The van der Waals surface area contributed by atoms with E-state index >= 15 is 0 Å². The molecule has 2 heterocycles. The van der Waals surface area contributed by atoms with Crippen molar-refractivity contribution < 1.29 is 0 Å². The maximum atomic E-state index is 6.22. The third-order valence-electron chi connectivity index (χ3n) is 2.82. The minimum Gasteiger partial charge on any atom is -0.354 e. The van der Waals surface area contributed by atoms with Crippen LogP contribution in [0.5, 0.6) is 0 Å². The molecule has 0 aliphatic rings. The number of nitrogens with one attached hydrogen (secondary N) is 1. The van der Waals surface area contributed by atoms with Gasteiger partial charge in [0.15, 0.2) is 5.82 Å². The predicted molar refractivity (Wildman–Crippen MR) is 82.2 cm³/mol. The first-order valence-electron chi connectivity index (χ1n) is 6.65. The maximum Gasteiger partial charge on any atom is 0.224 e. The van der Waals surface area contributed by atoms with Crippen LogP contribution in [0.1, 0.15) is 19.5 Å². The van der Waals surface area contributed by atoms with Gasteiger partial charge in [-0.3, -0.25) is 4.98 Å². The highest BCUT2D eigenvalue weighted by atomic mass is 35.5. The summed E-state index contributed by atoms with van der Waals surface area (Å²) in [5.74, 6) is 1.32. The Morgan fingerprint density at radius 1 is 1.25 bits per heavy atom. The minimum absolute atomic E-state index is 0.546. The van der Waals surface area contributed by atoms with Crippen molar-refractivity contribution in [3.63, 3.8) is 0 Å². The lowest BCUT2D eigenvalue weighted by Gasteiger charge is -2.22. The van der Waals surface area contributed by atoms with E-state index in [1.54, 1.807) is 12.4 Å². The molecule has 0 saturated heterocycles. The molecule has 0 fully saturated rings. The SMILES string of the molecule is CCNc1ncc(Cl)c(N(CC)Cc2ccccn2)n1. The van der Waals surface area contributed by atoms with Crippen molar-refractivity contribution >= 4 is 23.4 Å². The Kier molecular flexibility index (Phi) is 5.12. The summed E-state index contributed by atoms with van der Waals surface area (Å²) in [5.41, 5.74) is 0.981. The summed E-state index contributed by atoms with van der Waals surface area (Å²) in [6.07, 6.45) is 3.41. The zero-order valence-electron chi connectivity index (χ0n) is 11.7. The zero-order valence-corrected chi connectivity index (χ0v) is 12.4. The molecule has 0 unspecified atom stereocenters. The Morgan fingerprint density at radius 3 is 2.75 bits per heavy atom. The molecule has 0 aromatic carbocycles. The second-order valence-electron chi connectivity index (χ2n) is 4.23. The number of pyridine rings is 1. The average molecular weight is 292 g/mol. The van der Waals surface area contributed by atoms with E-state index in [-0.39, 0.29) is 0 Å². The Balaban J connectivity index is 2.24. The number of hydrogen-bond acceptors (Lipinski definition) is 5. The van der Waals surface area contributed by atoms with Crippen molar-refractivity contribution in [1.29, 1.82) is 0 Å². The van der Waals surface area contributed by atoms with Gasteiger partial charge in [0.05, 0.1) is 18.4 Å². The normalized spacial score (nSPS) is 10.3. The van der Waals surface area contributed by atoms with Gasteiger partial charge in [-0.25, -0.2) is 4.98 Å². The van der Waals surface area contributed by atoms with E-state index in [4.69, 9.17) is 11.6 Å². The molecular weight excluding hydrogens is 274 g/mol. The molecule has 0 radical (unpaired) electrons. The number of halogens is 1. The monoisotopic (exact) mass is 291 g/mol. The van der Waals surface area contributed by atoms with Crippen LogP contribution in [0.4, 0.5) is 11.8 Å². The van der Waals surface area contributed by atoms with E-state index in [0.717, 1.165) is 24.6 Å². The summed E-state index contributed by atoms with van der Waals surface area (Å²) in [7, 11) is 0. The Labute approximate surface area is 124 Å². The van der Waals surface area contributed by atoms with Gasteiger partial charge < -0.3 is 10.2 Å². The fraction of sp³-hybridized carbons (Fsp3) is 0.357. The van der Waals surface area contributed by atoms with Crippen molar-refractivity contribution in [3.8, 4) is 0 Å². The minimum atomic E-state index is 0.546. The second kappa shape index (κ2) is 7.05. The van der Waals surface area contributed by atoms with Gasteiger partial charge in [0.25, 0.3) is 0 Å². The predicted octanol–water partition coefficient (Wildman–Crippen LogP) is 2.98. The fourth-order valence-corrected chi connectivity index (χ4v) is 2.06. The van der Waals surface area contributed by atoms with E-state index in [1.807, 2.05) is 25.1 Å². The lowest BCUT2D eigenvalue weighted by Crippen LogP contribution is -2.24. The molecule has 0 bridgehead atoms. The van der Waals surface area contributed by atoms with Crippen LogP contribution in [-0.4, -0.2) is 28.0 Å². The molecule has 0 saturated carbocycles. The van der Waals surface area contributed by atoms with Crippen molar-refractivity contribution in [2.24, 2.45) is 0 Å². The Hall–Kier alpha value is -1.88. The average Bonchev–Trinajstić information content (AvgIpc) is 2.48. The number of rotatable bonds is 6. The van der Waals surface area contributed by atoms with E-state index in [2.05, 4.69) is 32.1 Å². The molecule has 2 aromatic rings. The molecule has 0 aliphatic heterocycles. The zero-order chi connectivity index (χ0) is 14.4. The number of aromatic nitrogens is 3. The number of hydrogen-bond donors (Lipinski definition) is 1. The molecule has 0 atom stereocenters. The first-order valence-corrected chi connectivity index (χ1v) is 7.03. The van der Waals surface area contributed by atoms with Crippen molar-refractivity contribution in [1.82, 2.24) is 15.0 Å². The summed E-state index contributed by atoms with van der Waals surface area (Å²) in [4.78, 5) is 15.0. The van der Waals surface area contributed by atoms with Crippen molar-refractivity contribution in [2.75, 3.05) is 23.3 Å². The highest BCUT2D eigenvalue weighted by Gasteiger charge is 2.13. The fourth-order valence-electron chi connectivity index (χ4n) is 1.85. The quantitative estimate of drug-likeness (QED) is 0.887. The summed E-state index contributed by atoms with van der Waals surface area (Å²) < 4.78 is 0. The van der Waals surface area contributed by atoms with Crippen molar-refractivity contribution in [3.05, 3.63) is 41.3 Å². The molecule has 2 aromatic heterocycles. The van der Waals surface area contributed by atoms with Crippen LogP contribution < -0.4 is 10.2 Å². The van der Waals surface area contributed by atoms with Crippen LogP contribution in [0.2, 0.25) is 5.02 Å². The lowest BCUT2D eigenvalue weighted by molar-refractivity contribution is 0.791. The van der Waals surface area contributed by atoms with Gasteiger partial charge in [-0.15, -0.1) is 0 Å². The Morgan fingerprint density at radius 2 is 2.10 bits per heavy atom. The molecule has 20 heavy (non-hydrogen) atoms. The van der Waals surface area contributed by atoms with E-state index in [1.165, 1.54) is 0 Å². The van der Waals surface area contributed by atoms with Crippen molar-refractivity contribution in [2.45, 2.75) is 20.4 Å². The van der Waals surface area contributed by atoms with E-state index < -0.39 is 0 Å². The molecule has 1 N–H and O–H groups in total. The van der Waals surface area contributed by atoms with Crippen LogP contribution in [0.25, 0.3) is 0 Å². The topological polar surface area (TPSA) is 53.9 Å². The number of anilines is 2. The van der Waals surface area contributed by atoms with Gasteiger partial charge in [0.1, 0.15) is 5.02 Å². The second-order valence-corrected chi connectivity index (χ2v) is 4.64. The highest BCUT2D eigenvalue weighted by molar-refractivity contribution is 6.32. The smallest absolute Gasteiger partial charge is 0.224 e. The molecular formula is C14H18ClN5. The third kappa shape index (κ3) is 3.57. The van der Waals surface area contributed by atoms with Gasteiger partial charge in [-0.2, -0.15) is 4.98 Å². The molecule has 5 nitrogen and oxygen atoms in total. The van der Waals surface area contributed by atoms with Crippen LogP contribution >= 0.6 is 11.6 Å². The molecule has 0 spiro atoms. The maximum absolute atomic E-state index is 6.22. The standard InChI is InChI=1S/C14H18ClN5/c1-3-16-14-18-9-12(15)13(19-14)20(4-2)10-11-7-5-6-8-17-11/h5-9H,3-4,10H2,1-2H3,(H,16,18,19). The van der Waals surface area contributed by atoms with Crippen LogP contribution in [0.15, 0.2) is 30.6 Å². The molecule has 0 amide bonds. The summed E-state index contributed by atoms with van der Waals surface area (Å²) in [6, 6.07) is 5.87. The van der Waals surface area contributed by atoms with E-state index in [9.17, 15) is 0 Å². The molecule has 0 aliphatic carbocycles. The van der Waals surface area contributed by atoms with Gasteiger partial charge in [0.2, 0.25) is 5.95 Å². The van der Waals surface area contributed by atoms with Crippen LogP contribution in [0, 0.1) is 0 Å². The molecule has 106 valence electrons. The van der Waals surface area contributed by atoms with E-state index in [0.29, 0.717) is 17.5 Å². The highest BCUT2D eigenvalue weighted by Crippen LogP contribution is 2.24. The molecule has 6 heteroatoms. The largest absolute Gasteiger partial charge is 0.354 e. The number of nitrogens with zero attached hydrogens (tertiary/aromatic N) is 4. The van der Waals surface area contributed by atoms with Gasteiger partial charge in [0, 0.05) is 19.3 Å². The van der Waals surface area contributed by atoms with Crippen LogP contribution in [-0.2, 0) is 6.54 Å². The molecule has 2 rings (SSSR count). The first kappa shape index (κ1) is 14.5. The van der Waals surface area contributed by atoms with Gasteiger partial charge in [-0.05, 0) is 26.0 Å². The lowest BCUT2D eigenvalue weighted by atomic mass is 10.3. The summed E-state index contributed by atoms with van der Waals surface area (Å²) in [6.45, 7) is 6.30. The first-order chi connectivity index (χ1) is 9.74. The van der Waals surface area contributed by atoms with Gasteiger partial charge >= 0.3 is 0 Å². The van der Waals surface area contributed by atoms with Gasteiger partial charge in [-0.1, -0.05) is 17.7 Å². The Bertz CT molecular complexity index is 547.